The van der Waals surface area contributed by atoms with Gasteiger partial charge in [-0.2, -0.15) is 0 Å². The molecule has 0 aliphatic carbocycles. The van der Waals surface area contributed by atoms with Crippen LogP contribution in [0.3, 0.4) is 0 Å². The lowest BCUT2D eigenvalue weighted by molar-refractivity contribution is -0.199. The van der Waals surface area contributed by atoms with E-state index in [1.807, 2.05) is 18.2 Å². The highest BCUT2D eigenvalue weighted by atomic mass is 16.7. The molecule has 3 rings (SSSR count). The van der Waals surface area contributed by atoms with E-state index in [9.17, 15) is 4.79 Å². The Morgan fingerprint density at radius 3 is 2.52 bits per heavy atom. The minimum atomic E-state index is -0.285. The molecule has 0 aromatic heterocycles. The zero-order valence-electron chi connectivity index (χ0n) is 14.0. The molecule has 2 saturated heterocycles. The van der Waals surface area contributed by atoms with Crippen molar-refractivity contribution >= 4 is 5.91 Å². The monoisotopic (exact) mass is 320 g/mol. The van der Waals surface area contributed by atoms with Crippen molar-refractivity contribution in [1.29, 1.82) is 0 Å². The van der Waals surface area contributed by atoms with Gasteiger partial charge in [0.05, 0.1) is 20.6 Å². The fourth-order valence-electron chi connectivity index (χ4n) is 3.37. The van der Waals surface area contributed by atoms with Crippen LogP contribution >= 0.6 is 0 Å². The van der Waals surface area contributed by atoms with Gasteiger partial charge in [0.25, 0.3) is 0 Å². The first kappa shape index (κ1) is 16.1. The van der Waals surface area contributed by atoms with Gasteiger partial charge >= 0.3 is 0 Å². The first-order valence-corrected chi connectivity index (χ1v) is 7.94. The summed E-state index contributed by atoms with van der Waals surface area (Å²) in [7, 11) is 5.03. The summed E-state index contributed by atoms with van der Waals surface area (Å²) in [6, 6.07) is 5.91. The summed E-state index contributed by atoms with van der Waals surface area (Å²) in [6.07, 6.45) is 2.26. The molecule has 126 valence electrons. The standard InChI is InChI=1S/C17H24N2O4/c1-18-16(20)11-17(23-18)6-8-19(9-7-17)12-13-4-5-14(21-2)10-15(13)22-3/h4-5,10H,6-9,11-12H2,1-3H3. The number of methoxy groups -OCH3 is 2. The molecule has 2 aliphatic heterocycles. The van der Waals surface area contributed by atoms with Crippen LogP contribution in [0, 0.1) is 0 Å². The Hall–Kier alpha value is -1.79. The number of hydrogen-bond acceptors (Lipinski definition) is 5. The van der Waals surface area contributed by atoms with Gasteiger partial charge in [0.2, 0.25) is 5.91 Å². The molecular weight excluding hydrogens is 296 g/mol. The number of hydroxylamine groups is 2. The molecule has 1 aromatic rings. The molecule has 0 radical (unpaired) electrons. The highest BCUT2D eigenvalue weighted by Gasteiger charge is 2.45. The van der Waals surface area contributed by atoms with E-state index in [0.717, 1.165) is 49.5 Å². The van der Waals surface area contributed by atoms with Gasteiger partial charge in [-0.05, 0) is 18.9 Å². The molecule has 1 aromatic carbocycles. The van der Waals surface area contributed by atoms with Gasteiger partial charge < -0.3 is 9.47 Å². The molecule has 0 unspecified atom stereocenters. The Morgan fingerprint density at radius 1 is 1.22 bits per heavy atom. The first-order chi connectivity index (χ1) is 11.0. The van der Waals surface area contributed by atoms with E-state index >= 15 is 0 Å². The summed E-state index contributed by atoms with van der Waals surface area (Å²) in [5.41, 5.74) is 0.858. The normalized spacial score (nSPS) is 21.0. The van der Waals surface area contributed by atoms with Gasteiger partial charge in [-0.1, -0.05) is 6.07 Å². The second-order valence-electron chi connectivity index (χ2n) is 6.30. The van der Waals surface area contributed by atoms with E-state index in [2.05, 4.69) is 4.90 Å². The molecule has 1 amide bonds. The van der Waals surface area contributed by atoms with E-state index in [-0.39, 0.29) is 11.5 Å². The number of piperidine rings is 1. The molecule has 2 aliphatic rings. The topological polar surface area (TPSA) is 51.2 Å². The highest BCUT2D eigenvalue weighted by Crippen LogP contribution is 2.36. The maximum atomic E-state index is 11.7. The predicted octanol–water partition coefficient (Wildman–Crippen LogP) is 1.83. The number of benzene rings is 1. The molecule has 0 saturated carbocycles. The van der Waals surface area contributed by atoms with Crippen LogP contribution in [0.15, 0.2) is 18.2 Å². The molecule has 0 bridgehead atoms. The van der Waals surface area contributed by atoms with Crippen LogP contribution in [0.4, 0.5) is 0 Å². The minimum absolute atomic E-state index is 0.0790. The van der Waals surface area contributed by atoms with Crippen molar-refractivity contribution < 1.29 is 19.1 Å². The molecule has 0 N–H and O–H groups in total. The van der Waals surface area contributed by atoms with Gasteiger partial charge in [0.15, 0.2) is 0 Å². The summed E-state index contributed by atoms with van der Waals surface area (Å²) in [6.45, 7) is 2.65. The largest absolute Gasteiger partial charge is 0.497 e. The average Bonchev–Trinajstić information content (AvgIpc) is 2.84. The second kappa shape index (κ2) is 6.37. The lowest BCUT2D eigenvalue weighted by atomic mass is 9.88. The maximum absolute atomic E-state index is 11.7. The van der Waals surface area contributed by atoms with Crippen LogP contribution in [-0.2, 0) is 16.2 Å². The zero-order chi connectivity index (χ0) is 16.4. The van der Waals surface area contributed by atoms with Crippen molar-refractivity contribution in [2.75, 3.05) is 34.4 Å². The third kappa shape index (κ3) is 3.28. The van der Waals surface area contributed by atoms with Crippen LogP contribution < -0.4 is 9.47 Å². The van der Waals surface area contributed by atoms with E-state index in [1.54, 1.807) is 21.3 Å². The number of carbonyl (C=O) groups is 1. The van der Waals surface area contributed by atoms with E-state index in [4.69, 9.17) is 14.3 Å². The lowest BCUT2D eigenvalue weighted by Gasteiger charge is -2.37. The highest BCUT2D eigenvalue weighted by molar-refractivity contribution is 5.77. The van der Waals surface area contributed by atoms with Crippen LogP contribution in [-0.4, -0.2) is 55.8 Å². The first-order valence-electron chi connectivity index (χ1n) is 7.94. The third-order valence-electron chi connectivity index (χ3n) is 4.81. The maximum Gasteiger partial charge on any atom is 0.248 e. The fraction of sp³-hybridized carbons (Fsp3) is 0.588. The number of hydrogen-bond donors (Lipinski definition) is 0. The smallest absolute Gasteiger partial charge is 0.248 e. The Balaban J connectivity index is 1.62. The summed E-state index contributed by atoms with van der Waals surface area (Å²) in [5, 5.41) is 1.39. The van der Waals surface area contributed by atoms with Crippen molar-refractivity contribution in [2.24, 2.45) is 0 Å². The molecule has 1 spiro atoms. The summed E-state index contributed by atoms with van der Waals surface area (Å²) in [5.74, 6) is 1.72. The van der Waals surface area contributed by atoms with Crippen molar-refractivity contribution in [3.8, 4) is 11.5 Å². The quantitative estimate of drug-likeness (QED) is 0.847. The molecule has 0 atom stereocenters. The Morgan fingerprint density at radius 2 is 1.96 bits per heavy atom. The second-order valence-corrected chi connectivity index (χ2v) is 6.30. The van der Waals surface area contributed by atoms with Crippen molar-refractivity contribution in [3.05, 3.63) is 23.8 Å². The predicted molar refractivity (Wildman–Crippen MR) is 85.3 cm³/mol. The summed E-state index contributed by atoms with van der Waals surface area (Å²) >= 11 is 0. The van der Waals surface area contributed by atoms with Gasteiger partial charge in [-0.15, -0.1) is 0 Å². The SMILES string of the molecule is COc1ccc(CN2CCC3(CC2)CC(=O)N(C)O3)c(OC)c1. The van der Waals surface area contributed by atoms with E-state index < -0.39 is 0 Å². The fourth-order valence-corrected chi connectivity index (χ4v) is 3.37. The van der Waals surface area contributed by atoms with Gasteiger partial charge in [-0.3, -0.25) is 14.5 Å². The lowest BCUT2D eigenvalue weighted by Crippen LogP contribution is -2.44. The Bertz CT molecular complexity index is 582. The van der Waals surface area contributed by atoms with Crippen molar-refractivity contribution in [3.63, 3.8) is 0 Å². The summed E-state index contributed by atoms with van der Waals surface area (Å²) < 4.78 is 10.7. The Kier molecular flexibility index (Phi) is 4.46. The van der Waals surface area contributed by atoms with Crippen molar-refractivity contribution in [2.45, 2.75) is 31.4 Å². The van der Waals surface area contributed by atoms with Crippen LogP contribution in [0.1, 0.15) is 24.8 Å². The number of ether oxygens (including phenoxy) is 2. The third-order valence-corrected chi connectivity index (χ3v) is 4.81. The molecule has 2 heterocycles. The van der Waals surface area contributed by atoms with E-state index in [0.29, 0.717) is 6.42 Å². The van der Waals surface area contributed by atoms with E-state index in [1.165, 1.54) is 5.06 Å². The van der Waals surface area contributed by atoms with Gasteiger partial charge in [0.1, 0.15) is 17.1 Å². The average molecular weight is 320 g/mol. The molecule has 23 heavy (non-hydrogen) atoms. The summed E-state index contributed by atoms with van der Waals surface area (Å²) in [4.78, 5) is 19.9. The van der Waals surface area contributed by atoms with Gasteiger partial charge in [-0.25, -0.2) is 5.06 Å². The molecule has 6 nitrogen and oxygen atoms in total. The number of rotatable bonds is 4. The number of likely N-dealkylation sites (tertiary alicyclic amines) is 1. The molecule has 6 heteroatoms. The Labute approximate surface area is 136 Å². The number of amides is 1. The van der Waals surface area contributed by atoms with Crippen LogP contribution in [0.5, 0.6) is 11.5 Å². The van der Waals surface area contributed by atoms with Gasteiger partial charge in [0, 0.05) is 38.3 Å². The number of carbonyl (C=O) groups excluding carboxylic acids is 1. The minimum Gasteiger partial charge on any atom is -0.497 e. The number of nitrogens with zero attached hydrogens (tertiary/aromatic N) is 2. The molecular formula is C17H24N2O4. The van der Waals surface area contributed by atoms with Crippen LogP contribution in [0.25, 0.3) is 0 Å². The van der Waals surface area contributed by atoms with Crippen LogP contribution in [0.2, 0.25) is 0 Å². The van der Waals surface area contributed by atoms with Crippen molar-refractivity contribution in [1.82, 2.24) is 9.96 Å². The zero-order valence-corrected chi connectivity index (χ0v) is 14.0. The molecule has 2 fully saturated rings.